The monoisotopic (exact) mass is 246 g/mol. The minimum absolute atomic E-state index is 0.217. The molecule has 3 rings (SSSR count). The molecule has 3 unspecified atom stereocenters. The Labute approximate surface area is 109 Å². The summed E-state index contributed by atoms with van der Waals surface area (Å²) in [5, 5.41) is 11.0. The Balaban J connectivity index is 1.94. The van der Waals surface area contributed by atoms with Crippen molar-refractivity contribution in [3.8, 4) is 0 Å². The molecule has 2 aliphatic rings. The van der Waals surface area contributed by atoms with E-state index in [0.29, 0.717) is 6.04 Å². The fourth-order valence-corrected chi connectivity index (χ4v) is 3.70. The first-order valence-electron chi connectivity index (χ1n) is 6.96. The second kappa shape index (κ2) is 4.32. The number of likely N-dealkylation sites (tertiary alicyclic amines) is 1. The molecule has 3 atom stereocenters. The summed E-state index contributed by atoms with van der Waals surface area (Å²) in [4.78, 5) is 6.82. The molecule has 0 saturated carbocycles. The van der Waals surface area contributed by atoms with Crippen molar-refractivity contribution in [3.05, 3.63) is 29.6 Å². The number of nitrogens with zero attached hydrogens (tertiary/aromatic N) is 2. The maximum Gasteiger partial charge on any atom is 0.0872 e. The van der Waals surface area contributed by atoms with Gasteiger partial charge in [-0.15, -0.1) is 0 Å². The first-order valence-corrected chi connectivity index (χ1v) is 6.96. The number of hydrogen-bond acceptors (Lipinski definition) is 3. The van der Waals surface area contributed by atoms with Gasteiger partial charge in [0, 0.05) is 30.4 Å². The molecule has 18 heavy (non-hydrogen) atoms. The van der Waals surface area contributed by atoms with E-state index in [1.807, 2.05) is 12.3 Å². The third-order valence-corrected chi connectivity index (χ3v) is 4.77. The van der Waals surface area contributed by atoms with E-state index in [4.69, 9.17) is 0 Å². The number of aryl methyl sites for hydroxylation is 1. The molecule has 0 bridgehead atoms. The maximum absolute atomic E-state index is 11.0. The molecule has 1 saturated heterocycles. The summed E-state index contributed by atoms with van der Waals surface area (Å²) in [6.07, 6.45) is 6.08. The van der Waals surface area contributed by atoms with Crippen molar-refractivity contribution in [1.82, 2.24) is 9.88 Å². The van der Waals surface area contributed by atoms with Crippen LogP contribution in [0.1, 0.15) is 43.4 Å². The van der Waals surface area contributed by atoms with Crippen molar-refractivity contribution in [1.29, 1.82) is 0 Å². The lowest BCUT2D eigenvalue weighted by Gasteiger charge is -2.36. The van der Waals surface area contributed by atoms with Crippen LogP contribution >= 0.6 is 0 Å². The van der Waals surface area contributed by atoms with Gasteiger partial charge in [0.2, 0.25) is 0 Å². The molecule has 3 heteroatoms. The third kappa shape index (κ3) is 1.86. The highest BCUT2D eigenvalue weighted by atomic mass is 16.3. The van der Waals surface area contributed by atoms with Gasteiger partial charge in [-0.2, -0.15) is 0 Å². The lowest BCUT2D eigenvalue weighted by atomic mass is 9.75. The summed E-state index contributed by atoms with van der Waals surface area (Å²) in [6, 6.07) is 4.64. The molecule has 1 aliphatic heterocycles. The number of β-amino-alcohol motifs (C(OH)–C–C–N with tert-alkyl or cyclic N) is 1. The van der Waals surface area contributed by atoms with Crippen LogP contribution < -0.4 is 0 Å². The van der Waals surface area contributed by atoms with Gasteiger partial charge in [-0.3, -0.25) is 4.98 Å². The first-order chi connectivity index (χ1) is 8.60. The number of hydrogen-bond donors (Lipinski definition) is 1. The highest BCUT2D eigenvalue weighted by molar-refractivity contribution is 5.29. The lowest BCUT2D eigenvalue weighted by Crippen LogP contribution is -2.40. The van der Waals surface area contributed by atoms with Crippen LogP contribution in [0.3, 0.4) is 0 Å². The minimum atomic E-state index is -0.586. The molecule has 0 aromatic carbocycles. The molecule has 0 radical (unpaired) electrons. The topological polar surface area (TPSA) is 36.4 Å². The Morgan fingerprint density at radius 2 is 2.33 bits per heavy atom. The molecular formula is C15H22N2O. The second-order valence-electron chi connectivity index (χ2n) is 6.06. The zero-order valence-electron chi connectivity index (χ0n) is 11.3. The van der Waals surface area contributed by atoms with Gasteiger partial charge < -0.3 is 10.0 Å². The molecule has 0 amide bonds. The molecule has 0 spiro atoms. The first kappa shape index (κ1) is 12.1. The van der Waals surface area contributed by atoms with Crippen LogP contribution in [-0.2, 0) is 6.42 Å². The zero-order valence-corrected chi connectivity index (χ0v) is 11.3. The van der Waals surface area contributed by atoms with E-state index < -0.39 is 5.60 Å². The third-order valence-electron chi connectivity index (χ3n) is 4.77. The predicted octanol–water partition coefficient (Wildman–Crippen LogP) is 1.96. The van der Waals surface area contributed by atoms with Crippen LogP contribution in [0.5, 0.6) is 0 Å². The van der Waals surface area contributed by atoms with E-state index in [1.54, 1.807) is 0 Å². The predicted molar refractivity (Wildman–Crippen MR) is 71.6 cm³/mol. The highest BCUT2D eigenvalue weighted by Crippen LogP contribution is 2.43. The van der Waals surface area contributed by atoms with Gasteiger partial charge in [0.1, 0.15) is 0 Å². The van der Waals surface area contributed by atoms with Crippen molar-refractivity contribution < 1.29 is 5.11 Å². The van der Waals surface area contributed by atoms with Gasteiger partial charge in [0.25, 0.3) is 0 Å². The fraction of sp³-hybridized carbons (Fsp3) is 0.667. The van der Waals surface area contributed by atoms with Gasteiger partial charge in [-0.25, -0.2) is 0 Å². The van der Waals surface area contributed by atoms with Crippen LogP contribution in [0, 0.1) is 0 Å². The molecule has 1 aromatic rings. The average Bonchev–Trinajstić information content (AvgIpc) is 2.63. The Kier molecular flexibility index (Phi) is 2.91. The van der Waals surface area contributed by atoms with E-state index in [2.05, 4.69) is 29.9 Å². The van der Waals surface area contributed by atoms with Gasteiger partial charge in [-0.05, 0) is 51.3 Å². The molecule has 1 aliphatic carbocycles. The summed E-state index contributed by atoms with van der Waals surface area (Å²) >= 11 is 0. The van der Waals surface area contributed by atoms with Crippen LogP contribution in [0.2, 0.25) is 0 Å². The fourth-order valence-electron chi connectivity index (χ4n) is 3.70. The van der Waals surface area contributed by atoms with E-state index in [9.17, 15) is 5.11 Å². The zero-order chi connectivity index (χ0) is 12.8. The molecule has 1 fully saturated rings. The van der Waals surface area contributed by atoms with Crippen molar-refractivity contribution >= 4 is 0 Å². The van der Waals surface area contributed by atoms with Gasteiger partial charge in [0.05, 0.1) is 5.60 Å². The van der Waals surface area contributed by atoms with Gasteiger partial charge >= 0.3 is 0 Å². The number of fused-ring (bicyclic) bond motifs is 1. The number of rotatable bonds is 1. The van der Waals surface area contributed by atoms with Gasteiger partial charge in [-0.1, -0.05) is 6.07 Å². The Hall–Kier alpha value is -0.930. The maximum atomic E-state index is 11.0. The quantitative estimate of drug-likeness (QED) is 0.823. The van der Waals surface area contributed by atoms with E-state index >= 15 is 0 Å². The molecule has 2 heterocycles. The van der Waals surface area contributed by atoms with E-state index in [-0.39, 0.29) is 5.92 Å². The van der Waals surface area contributed by atoms with Crippen molar-refractivity contribution in [2.75, 3.05) is 13.6 Å². The van der Waals surface area contributed by atoms with Crippen molar-refractivity contribution in [2.24, 2.45) is 0 Å². The Morgan fingerprint density at radius 3 is 3.06 bits per heavy atom. The summed E-state index contributed by atoms with van der Waals surface area (Å²) in [6.45, 7) is 2.97. The summed E-state index contributed by atoms with van der Waals surface area (Å²) in [5.74, 6) is 0.217. The van der Waals surface area contributed by atoms with Crippen molar-refractivity contribution in [2.45, 2.75) is 50.2 Å². The SMILES string of the molecule is CC1CC(O)(C2CCCc3cccnc32)CN1C. The number of likely N-dealkylation sites (N-methyl/N-ethyl adjacent to an activating group) is 1. The van der Waals surface area contributed by atoms with Crippen LogP contribution in [0.25, 0.3) is 0 Å². The lowest BCUT2D eigenvalue weighted by molar-refractivity contribution is 0.0158. The molecular weight excluding hydrogens is 224 g/mol. The number of pyridine rings is 1. The van der Waals surface area contributed by atoms with Crippen LogP contribution in [0.4, 0.5) is 0 Å². The largest absolute Gasteiger partial charge is 0.388 e. The highest BCUT2D eigenvalue weighted by Gasteiger charge is 2.47. The molecule has 1 aromatic heterocycles. The summed E-state index contributed by atoms with van der Waals surface area (Å²) in [7, 11) is 2.10. The number of aliphatic hydroxyl groups is 1. The average molecular weight is 246 g/mol. The second-order valence-corrected chi connectivity index (χ2v) is 6.06. The van der Waals surface area contributed by atoms with E-state index in [1.165, 1.54) is 12.0 Å². The summed E-state index contributed by atoms with van der Waals surface area (Å²) < 4.78 is 0. The Bertz CT molecular complexity index is 436. The standard InChI is InChI=1S/C15H22N2O/c1-11-9-15(18,10-17(11)2)13-7-3-5-12-6-4-8-16-14(12)13/h4,6,8,11,13,18H,3,5,7,9-10H2,1-2H3. The van der Waals surface area contributed by atoms with Crippen LogP contribution in [0.15, 0.2) is 18.3 Å². The summed E-state index contributed by atoms with van der Waals surface area (Å²) in [5.41, 5.74) is 1.90. The smallest absolute Gasteiger partial charge is 0.0872 e. The normalized spacial score (nSPS) is 36.6. The Morgan fingerprint density at radius 1 is 1.50 bits per heavy atom. The van der Waals surface area contributed by atoms with Gasteiger partial charge in [0.15, 0.2) is 0 Å². The van der Waals surface area contributed by atoms with Crippen LogP contribution in [-0.4, -0.2) is 40.2 Å². The molecule has 3 nitrogen and oxygen atoms in total. The number of aromatic nitrogens is 1. The van der Waals surface area contributed by atoms with E-state index in [0.717, 1.165) is 31.5 Å². The van der Waals surface area contributed by atoms with Crippen molar-refractivity contribution in [3.63, 3.8) is 0 Å². The minimum Gasteiger partial charge on any atom is -0.388 e. The molecule has 1 N–H and O–H groups in total. The molecule has 98 valence electrons.